The standard InChI is InChI=1S/C20H20FN3O4S.Li/c1-23(29(27,28)15-7-4-13(21)5-8-15)14-6-9-18-17(11-19(25)26)16-3-2-10-22-20(16)24(18)12-14;/h2-5,7-8,10,14H,6,9,11-12H2,1H3,(H,25,26);/q;+1/p-1/t14-;/m1./s1. The van der Waals surface area contributed by atoms with Gasteiger partial charge in [0.25, 0.3) is 0 Å². The molecule has 0 N–H and O–H groups in total. The van der Waals surface area contributed by atoms with Crippen LogP contribution in [0, 0.1) is 5.82 Å². The maximum Gasteiger partial charge on any atom is 1.00 e. The molecule has 1 aromatic carbocycles. The minimum atomic E-state index is -3.79. The van der Waals surface area contributed by atoms with Crippen LogP contribution in [0.25, 0.3) is 11.0 Å². The fourth-order valence-corrected chi connectivity index (χ4v) is 5.37. The number of carboxylic acid groups (broad SMARTS) is 1. The van der Waals surface area contributed by atoms with E-state index < -0.39 is 21.8 Å². The van der Waals surface area contributed by atoms with E-state index in [0.29, 0.717) is 30.6 Å². The number of carboxylic acids is 1. The topological polar surface area (TPSA) is 95.3 Å². The Morgan fingerprint density at radius 1 is 1.30 bits per heavy atom. The number of carbonyl (C=O) groups is 1. The summed E-state index contributed by atoms with van der Waals surface area (Å²) >= 11 is 0. The first-order valence-electron chi connectivity index (χ1n) is 9.17. The Kier molecular flexibility index (Phi) is 6.39. The van der Waals surface area contributed by atoms with E-state index in [9.17, 15) is 22.7 Å². The van der Waals surface area contributed by atoms with E-state index in [4.69, 9.17) is 0 Å². The number of fused-ring (bicyclic) bond motifs is 3. The van der Waals surface area contributed by atoms with Gasteiger partial charge in [-0.05, 0) is 54.8 Å². The molecule has 1 atom stereocenters. The largest absolute Gasteiger partial charge is 1.00 e. The SMILES string of the molecule is CN([C@@H]1CCc2c(CC(=O)[O-])c3cccnc3n2C1)S(=O)(=O)c1ccc(F)cc1.[Li+]. The summed E-state index contributed by atoms with van der Waals surface area (Å²) in [4.78, 5) is 15.6. The Morgan fingerprint density at radius 2 is 2.00 bits per heavy atom. The van der Waals surface area contributed by atoms with E-state index in [0.717, 1.165) is 23.2 Å². The minimum Gasteiger partial charge on any atom is -0.550 e. The van der Waals surface area contributed by atoms with Crippen molar-refractivity contribution < 1.29 is 41.6 Å². The summed E-state index contributed by atoms with van der Waals surface area (Å²) in [5.74, 6) is -1.67. The molecule has 3 aromatic rings. The predicted octanol–water partition coefficient (Wildman–Crippen LogP) is -1.89. The Bertz CT molecular complexity index is 1190. The number of benzene rings is 1. The van der Waals surface area contributed by atoms with Crippen molar-refractivity contribution in [1.82, 2.24) is 13.9 Å². The predicted molar refractivity (Wildman–Crippen MR) is 102 cm³/mol. The van der Waals surface area contributed by atoms with Crippen LogP contribution in [-0.2, 0) is 34.2 Å². The van der Waals surface area contributed by atoms with Crippen molar-refractivity contribution in [2.75, 3.05) is 7.05 Å². The van der Waals surface area contributed by atoms with E-state index in [2.05, 4.69) is 4.98 Å². The fourth-order valence-electron chi connectivity index (χ4n) is 3.99. The summed E-state index contributed by atoms with van der Waals surface area (Å²) in [6.45, 7) is 0.354. The van der Waals surface area contributed by atoms with E-state index in [-0.39, 0.29) is 36.2 Å². The normalized spacial score (nSPS) is 16.3. The van der Waals surface area contributed by atoms with Gasteiger partial charge in [0.2, 0.25) is 10.0 Å². The zero-order valence-corrected chi connectivity index (χ0v) is 17.5. The van der Waals surface area contributed by atoms with Gasteiger partial charge < -0.3 is 14.5 Å². The second-order valence-electron chi connectivity index (χ2n) is 7.13. The molecule has 4 rings (SSSR count). The third-order valence-corrected chi connectivity index (χ3v) is 7.40. The molecule has 0 spiro atoms. The molecule has 0 unspecified atom stereocenters. The maximum atomic E-state index is 13.2. The van der Waals surface area contributed by atoms with Gasteiger partial charge >= 0.3 is 18.9 Å². The van der Waals surface area contributed by atoms with Crippen molar-refractivity contribution in [2.45, 2.75) is 36.7 Å². The Labute approximate surface area is 185 Å². The van der Waals surface area contributed by atoms with E-state index in [1.807, 2.05) is 10.6 Å². The second-order valence-corrected chi connectivity index (χ2v) is 9.12. The molecule has 10 heteroatoms. The molecular formula is C20H19FLiN3O4S. The van der Waals surface area contributed by atoms with Crippen LogP contribution in [0.3, 0.4) is 0 Å². The number of aliphatic carboxylic acids is 1. The number of hydrogen-bond acceptors (Lipinski definition) is 5. The van der Waals surface area contributed by atoms with Gasteiger partial charge in [0, 0.05) is 49.3 Å². The third kappa shape index (κ3) is 3.90. The second kappa shape index (κ2) is 8.51. The van der Waals surface area contributed by atoms with Gasteiger partial charge in [-0.1, -0.05) is 0 Å². The van der Waals surface area contributed by atoms with Crippen molar-refractivity contribution in [2.24, 2.45) is 0 Å². The first-order chi connectivity index (χ1) is 13.8. The van der Waals surface area contributed by atoms with Crippen LogP contribution in [0.15, 0.2) is 47.5 Å². The van der Waals surface area contributed by atoms with E-state index in [1.54, 1.807) is 12.3 Å². The molecule has 1 aliphatic heterocycles. The zero-order chi connectivity index (χ0) is 20.8. The third-order valence-electron chi connectivity index (χ3n) is 5.48. The summed E-state index contributed by atoms with van der Waals surface area (Å²) in [7, 11) is -2.29. The molecule has 152 valence electrons. The molecule has 2 aromatic heterocycles. The Morgan fingerprint density at radius 3 is 2.67 bits per heavy atom. The van der Waals surface area contributed by atoms with E-state index >= 15 is 0 Å². The number of nitrogens with zero attached hydrogens (tertiary/aromatic N) is 3. The van der Waals surface area contributed by atoms with Crippen LogP contribution in [-0.4, -0.2) is 41.3 Å². The van der Waals surface area contributed by atoms with Gasteiger partial charge in [0.1, 0.15) is 11.5 Å². The molecule has 0 amide bonds. The van der Waals surface area contributed by atoms with Gasteiger partial charge in [0.05, 0.1) is 4.90 Å². The number of aromatic nitrogens is 2. The number of carbonyl (C=O) groups excluding carboxylic acids is 1. The number of hydrogen-bond donors (Lipinski definition) is 0. The first kappa shape index (κ1) is 22.5. The smallest absolute Gasteiger partial charge is 0.550 e. The van der Waals surface area contributed by atoms with Crippen LogP contribution in [0.5, 0.6) is 0 Å². The van der Waals surface area contributed by atoms with Gasteiger partial charge in [-0.15, -0.1) is 0 Å². The molecule has 3 heterocycles. The molecule has 0 bridgehead atoms. The van der Waals surface area contributed by atoms with Gasteiger partial charge in [-0.2, -0.15) is 4.31 Å². The molecular weight excluding hydrogens is 404 g/mol. The van der Waals surface area contributed by atoms with Crippen LogP contribution >= 0.6 is 0 Å². The zero-order valence-electron chi connectivity index (χ0n) is 16.7. The molecule has 0 aliphatic carbocycles. The fraction of sp³-hybridized carbons (Fsp3) is 0.300. The summed E-state index contributed by atoms with van der Waals surface area (Å²) in [6, 6.07) is 7.96. The van der Waals surface area contributed by atoms with Gasteiger partial charge in [-0.25, -0.2) is 17.8 Å². The number of halogens is 1. The Hall–Kier alpha value is -2.18. The van der Waals surface area contributed by atoms with Crippen molar-refractivity contribution in [1.29, 1.82) is 0 Å². The summed E-state index contributed by atoms with van der Waals surface area (Å²) in [5.41, 5.74) is 2.17. The van der Waals surface area contributed by atoms with Crippen LogP contribution in [0.4, 0.5) is 4.39 Å². The molecule has 0 radical (unpaired) electrons. The summed E-state index contributed by atoms with van der Waals surface area (Å²) < 4.78 is 42.3. The monoisotopic (exact) mass is 423 g/mol. The molecule has 0 saturated carbocycles. The number of rotatable bonds is 5. The van der Waals surface area contributed by atoms with Crippen molar-refractivity contribution in [3.63, 3.8) is 0 Å². The Balaban J connectivity index is 0.00000256. The molecule has 0 saturated heterocycles. The number of likely N-dealkylation sites (N-methyl/N-ethyl adjacent to an activating group) is 1. The average molecular weight is 423 g/mol. The van der Waals surface area contributed by atoms with Crippen molar-refractivity contribution in [3.05, 3.63) is 59.7 Å². The number of sulfonamides is 1. The molecule has 1 aliphatic rings. The summed E-state index contributed by atoms with van der Waals surface area (Å²) in [6.07, 6.45) is 2.47. The quantitative estimate of drug-likeness (QED) is 0.447. The van der Waals surface area contributed by atoms with Crippen LogP contribution in [0.2, 0.25) is 0 Å². The first-order valence-corrected chi connectivity index (χ1v) is 10.6. The van der Waals surface area contributed by atoms with Crippen molar-refractivity contribution in [3.8, 4) is 0 Å². The molecule has 0 fully saturated rings. The van der Waals surface area contributed by atoms with Crippen molar-refractivity contribution >= 4 is 27.0 Å². The number of pyridine rings is 1. The maximum absolute atomic E-state index is 13.2. The molecule has 7 nitrogen and oxygen atoms in total. The van der Waals surface area contributed by atoms with E-state index in [1.165, 1.54) is 23.5 Å². The average Bonchev–Trinajstić information content (AvgIpc) is 3.00. The minimum absolute atomic E-state index is 0. The molecule has 30 heavy (non-hydrogen) atoms. The van der Waals surface area contributed by atoms with Crippen LogP contribution < -0.4 is 24.0 Å². The van der Waals surface area contributed by atoms with Crippen LogP contribution in [0.1, 0.15) is 17.7 Å². The van der Waals surface area contributed by atoms with Gasteiger partial charge in [-0.3, -0.25) is 0 Å². The summed E-state index contributed by atoms with van der Waals surface area (Å²) in [5, 5.41) is 12.0. The van der Waals surface area contributed by atoms with Gasteiger partial charge in [0.15, 0.2) is 0 Å².